The zero-order valence-electron chi connectivity index (χ0n) is 22.7. The minimum atomic E-state index is -4.49. The lowest BCUT2D eigenvalue weighted by molar-refractivity contribution is -0.138. The summed E-state index contributed by atoms with van der Waals surface area (Å²) in [5.74, 6) is 1.40. The third kappa shape index (κ3) is 6.79. The third-order valence-corrected chi connectivity index (χ3v) is 7.45. The summed E-state index contributed by atoms with van der Waals surface area (Å²) < 4.78 is 40.1. The van der Waals surface area contributed by atoms with Crippen molar-refractivity contribution in [3.05, 3.63) is 58.9 Å². The number of likely N-dealkylation sites (N-methyl/N-ethyl adjacent to an activating group) is 1. The summed E-state index contributed by atoms with van der Waals surface area (Å²) in [6.07, 6.45) is -1.78. The van der Waals surface area contributed by atoms with Crippen LogP contribution in [0.3, 0.4) is 0 Å². The Morgan fingerprint density at radius 3 is 2.46 bits per heavy atom. The van der Waals surface area contributed by atoms with E-state index >= 15 is 0 Å². The van der Waals surface area contributed by atoms with E-state index in [9.17, 15) is 23.1 Å². The van der Waals surface area contributed by atoms with Gasteiger partial charge in [0, 0.05) is 30.6 Å². The van der Waals surface area contributed by atoms with Gasteiger partial charge in [-0.2, -0.15) is 13.2 Å². The van der Waals surface area contributed by atoms with Gasteiger partial charge in [-0.1, -0.05) is 6.07 Å². The van der Waals surface area contributed by atoms with Gasteiger partial charge in [0.1, 0.15) is 11.6 Å². The van der Waals surface area contributed by atoms with Crippen LogP contribution >= 0.6 is 0 Å². The van der Waals surface area contributed by atoms with E-state index < -0.39 is 23.9 Å². The lowest BCUT2D eigenvalue weighted by Gasteiger charge is -2.31. The number of aryl methyl sites for hydroxylation is 1. The molecule has 1 aromatic heterocycles. The average Bonchev–Trinajstić information content (AvgIpc) is 2.86. The van der Waals surface area contributed by atoms with Crippen molar-refractivity contribution < 1.29 is 23.1 Å². The number of nitrogens with one attached hydrogen (secondary N) is 1. The standard InChI is InChI=1S/C29H36F3N5O2/c1-16(38)15-37(4)28(39)20-7-5-19(6-8-20)21-9-10-26-25(13-21)27(36-18(3)35-26)34-17(2)22-11-23(29(30,31)32)14-24(33)12-22/h9-14,16-17,19-20,38H,5-8,15,33H2,1-4H3,(H,34,35,36)/t16-,17+,19-,20+/m0/s1. The highest BCUT2D eigenvalue weighted by Gasteiger charge is 2.32. The number of carbonyl (C=O) groups excluding carboxylic acids is 1. The first-order valence-electron chi connectivity index (χ1n) is 13.3. The number of nitrogen functional groups attached to an aromatic ring is 1. The number of anilines is 2. The number of hydrogen-bond donors (Lipinski definition) is 3. The van der Waals surface area contributed by atoms with Crippen LogP contribution in [-0.4, -0.2) is 45.6 Å². The number of hydrogen-bond acceptors (Lipinski definition) is 6. The third-order valence-electron chi connectivity index (χ3n) is 7.45. The molecule has 1 saturated carbocycles. The summed E-state index contributed by atoms with van der Waals surface area (Å²) >= 11 is 0. The minimum absolute atomic E-state index is 0.0468. The van der Waals surface area contributed by atoms with Gasteiger partial charge in [0.05, 0.1) is 23.2 Å². The molecule has 4 rings (SSSR count). The van der Waals surface area contributed by atoms with Crippen LogP contribution in [0.4, 0.5) is 24.7 Å². The second-order valence-corrected chi connectivity index (χ2v) is 10.8. The van der Waals surface area contributed by atoms with Gasteiger partial charge >= 0.3 is 6.18 Å². The highest BCUT2D eigenvalue weighted by molar-refractivity contribution is 5.90. The molecule has 0 aliphatic heterocycles. The normalized spacial score (nSPS) is 19.5. The van der Waals surface area contributed by atoms with Crippen LogP contribution in [0, 0.1) is 12.8 Å². The van der Waals surface area contributed by atoms with Gasteiger partial charge in [0.15, 0.2) is 0 Å². The number of rotatable bonds is 7. The summed E-state index contributed by atoms with van der Waals surface area (Å²) in [7, 11) is 1.73. The topological polar surface area (TPSA) is 104 Å². The van der Waals surface area contributed by atoms with Crippen LogP contribution in [0.25, 0.3) is 10.9 Å². The van der Waals surface area contributed by atoms with Gasteiger partial charge in [-0.05, 0) is 93.8 Å². The van der Waals surface area contributed by atoms with E-state index in [2.05, 4.69) is 27.4 Å². The fourth-order valence-corrected chi connectivity index (χ4v) is 5.48. The van der Waals surface area contributed by atoms with Crippen molar-refractivity contribution in [1.82, 2.24) is 14.9 Å². The molecule has 2 aromatic carbocycles. The maximum absolute atomic E-state index is 13.4. The molecule has 4 N–H and O–H groups in total. The Kier molecular flexibility index (Phi) is 8.34. The SMILES string of the molecule is Cc1nc(N[C@H](C)c2cc(N)cc(C(F)(F)F)c2)c2cc([C@H]3CC[C@@H](C(=O)N(C)C[C@H](C)O)CC3)ccc2n1. The van der Waals surface area contributed by atoms with Crippen molar-refractivity contribution in [3.8, 4) is 0 Å². The molecule has 0 radical (unpaired) electrons. The van der Waals surface area contributed by atoms with E-state index in [4.69, 9.17) is 5.73 Å². The number of amides is 1. The number of nitrogens with zero attached hydrogens (tertiary/aromatic N) is 3. The molecule has 210 valence electrons. The molecule has 0 unspecified atom stereocenters. The first-order chi connectivity index (χ1) is 18.3. The molecular weight excluding hydrogens is 507 g/mol. The molecule has 0 spiro atoms. The highest BCUT2D eigenvalue weighted by atomic mass is 19.4. The Hall–Kier alpha value is -3.40. The van der Waals surface area contributed by atoms with E-state index in [0.29, 0.717) is 23.8 Å². The van der Waals surface area contributed by atoms with Crippen molar-refractivity contribution in [1.29, 1.82) is 0 Å². The van der Waals surface area contributed by atoms with Gasteiger partial charge in [0.25, 0.3) is 0 Å². The number of nitrogens with two attached hydrogens (primary N) is 1. The lowest BCUT2D eigenvalue weighted by Crippen LogP contribution is -2.38. The number of aromatic nitrogens is 2. The molecular formula is C29H36F3N5O2. The average molecular weight is 544 g/mol. The highest BCUT2D eigenvalue weighted by Crippen LogP contribution is 2.39. The summed E-state index contributed by atoms with van der Waals surface area (Å²) in [5, 5.41) is 13.7. The molecule has 1 heterocycles. The monoisotopic (exact) mass is 543 g/mol. The van der Waals surface area contributed by atoms with Crippen molar-refractivity contribution in [2.75, 3.05) is 24.6 Å². The van der Waals surface area contributed by atoms with Crippen molar-refractivity contribution in [3.63, 3.8) is 0 Å². The Balaban J connectivity index is 1.55. The van der Waals surface area contributed by atoms with E-state index in [1.807, 2.05) is 6.07 Å². The fraction of sp³-hybridized carbons (Fsp3) is 0.483. The van der Waals surface area contributed by atoms with Crippen molar-refractivity contribution in [2.45, 2.75) is 70.7 Å². The maximum Gasteiger partial charge on any atom is 0.416 e. The maximum atomic E-state index is 13.4. The van der Waals surface area contributed by atoms with E-state index in [1.165, 1.54) is 6.07 Å². The quantitative estimate of drug-likeness (QED) is 0.324. The van der Waals surface area contributed by atoms with Crippen LogP contribution in [0.15, 0.2) is 36.4 Å². The summed E-state index contributed by atoms with van der Waals surface area (Å²) in [6, 6.07) is 9.14. The first-order valence-corrected chi connectivity index (χ1v) is 13.3. The molecule has 39 heavy (non-hydrogen) atoms. The molecule has 10 heteroatoms. The number of alkyl halides is 3. The number of aliphatic hydroxyl groups is 1. The van der Waals surface area contributed by atoms with Crippen LogP contribution in [0.2, 0.25) is 0 Å². The molecule has 1 amide bonds. The number of aliphatic hydroxyl groups excluding tert-OH is 1. The second kappa shape index (κ2) is 11.4. The van der Waals surface area contributed by atoms with Crippen molar-refractivity contribution in [2.24, 2.45) is 5.92 Å². The molecule has 2 atom stereocenters. The molecule has 1 fully saturated rings. The van der Waals surface area contributed by atoms with Gasteiger partial charge in [0.2, 0.25) is 5.91 Å². The summed E-state index contributed by atoms with van der Waals surface area (Å²) in [4.78, 5) is 23.5. The Morgan fingerprint density at radius 1 is 1.13 bits per heavy atom. The minimum Gasteiger partial charge on any atom is -0.399 e. The smallest absolute Gasteiger partial charge is 0.399 e. The molecule has 0 saturated heterocycles. The number of benzene rings is 2. The molecule has 1 aliphatic rings. The second-order valence-electron chi connectivity index (χ2n) is 10.8. The number of fused-ring (bicyclic) bond motifs is 1. The molecule has 1 aliphatic carbocycles. The first kappa shape index (κ1) is 28.6. The largest absolute Gasteiger partial charge is 0.416 e. The van der Waals surface area contributed by atoms with Gasteiger partial charge in [-0.15, -0.1) is 0 Å². The predicted octanol–water partition coefficient (Wildman–Crippen LogP) is 5.83. The van der Waals surface area contributed by atoms with Crippen LogP contribution < -0.4 is 11.1 Å². The molecule has 3 aromatic rings. The molecule has 0 bridgehead atoms. The fourth-order valence-electron chi connectivity index (χ4n) is 5.48. The number of halogens is 3. The van der Waals surface area contributed by atoms with E-state index in [-0.39, 0.29) is 23.4 Å². The van der Waals surface area contributed by atoms with Crippen LogP contribution in [0.1, 0.15) is 74.0 Å². The van der Waals surface area contributed by atoms with Crippen LogP contribution in [0.5, 0.6) is 0 Å². The number of carbonyl (C=O) groups is 1. The summed E-state index contributed by atoms with van der Waals surface area (Å²) in [6.45, 7) is 5.54. The Bertz CT molecular complexity index is 1340. The Labute approximate surface area is 226 Å². The zero-order valence-corrected chi connectivity index (χ0v) is 22.7. The predicted molar refractivity (Wildman–Crippen MR) is 146 cm³/mol. The van der Waals surface area contributed by atoms with E-state index in [1.54, 1.807) is 32.7 Å². The Morgan fingerprint density at radius 2 is 1.82 bits per heavy atom. The lowest BCUT2D eigenvalue weighted by atomic mass is 9.78. The van der Waals surface area contributed by atoms with Crippen LogP contribution in [-0.2, 0) is 11.0 Å². The zero-order chi connectivity index (χ0) is 28.5. The van der Waals surface area contributed by atoms with Crippen molar-refractivity contribution >= 4 is 28.3 Å². The van der Waals surface area contributed by atoms with E-state index in [0.717, 1.165) is 54.3 Å². The summed E-state index contributed by atoms with van der Waals surface area (Å²) in [5.41, 5.74) is 7.32. The van der Waals surface area contributed by atoms with Gasteiger partial charge in [-0.25, -0.2) is 9.97 Å². The van der Waals surface area contributed by atoms with Gasteiger partial charge < -0.3 is 21.1 Å². The molecule has 7 nitrogen and oxygen atoms in total. The van der Waals surface area contributed by atoms with Gasteiger partial charge in [-0.3, -0.25) is 4.79 Å².